The molecule has 0 radical (unpaired) electrons. The van der Waals surface area contributed by atoms with Crippen LogP contribution in [0.3, 0.4) is 0 Å². The second-order valence-corrected chi connectivity index (χ2v) is 13.9. The second kappa shape index (κ2) is 13.2. The Kier molecular flexibility index (Phi) is 9.82. The summed E-state index contributed by atoms with van der Waals surface area (Å²) in [5.74, 6) is 1.95. The number of carbonyl (C=O) groups excluding carboxylic acids is 2. The molecule has 0 saturated carbocycles. The summed E-state index contributed by atoms with van der Waals surface area (Å²) in [7, 11) is 0. The van der Waals surface area contributed by atoms with Gasteiger partial charge in [0.15, 0.2) is 0 Å². The minimum absolute atomic E-state index is 0.0963. The van der Waals surface area contributed by atoms with Gasteiger partial charge in [0.05, 0.1) is 25.2 Å². The first-order chi connectivity index (χ1) is 20.2. The zero-order chi connectivity index (χ0) is 31.4. The summed E-state index contributed by atoms with van der Waals surface area (Å²) in [4.78, 5) is 45.1. The predicted octanol–water partition coefficient (Wildman–Crippen LogP) is 5.60. The molecule has 2 amide bonds. The molecule has 0 bridgehead atoms. The molecule has 4 heterocycles. The molecular formula is C32H47N7O4. The van der Waals surface area contributed by atoms with Gasteiger partial charge in [-0.3, -0.25) is 4.79 Å². The SMILES string of the molecule is CC(C)CN(C(=O)c1cnc(C(C)(C)C)nc1NCc1ccco1)C1CC(Cn2ccnc2)CN(C(=O)OC(C)(C)C)C1. The molecule has 1 saturated heterocycles. The van der Waals surface area contributed by atoms with Gasteiger partial charge in [-0.2, -0.15) is 0 Å². The Morgan fingerprint density at radius 1 is 1.19 bits per heavy atom. The summed E-state index contributed by atoms with van der Waals surface area (Å²) < 4.78 is 13.3. The third-order valence-corrected chi connectivity index (χ3v) is 7.16. The minimum Gasteiger partial charge on any atom is -0.467 e. The maximum atomic E-state index is 14.5. The van der Waals surface area contributed by atoms with Crippen LogP contribution in [0.15, 0.2) is 47.7 Å². The van der Waals surface area contributed by atoms with Crippen molar-refractivity contribution in [1.82, 2.24) is 29.3 Å². The molecule has 11 heteroatoms. The largest absolute Gasteiger partial charge is 0.467 e. The van der Waals surface area contributed by atoms with E-state index in [1.54, 1.807) is 29.9 Å². The topological polar surface area (TPSA) is 119 Å². The van der Waals surface area contributed by atoms with Crippen LogP contribution in [-0.4, -0.2) is 72.6 Å². The number of nitrogens with zero attached hydrogens (tertiary/aromatic N) is 6. The van der Waals surface area contributed by atoms with Crippen LogP contribution in [0.4, 0.5) is 10.6 Å². The van der Waals surface area contributed by atoms with Crippen molar-refractivity contribution in [1.29, 1.82) is 0 Å². The van der Waals surface area contributed by atoms with Crippen LogP contribution in [-0.2, 0) is 23.2 Å². The van der Waals surface area contributed by atoms with E-state index in [2.05, 4.69) is 29.1 Å². The number of anilines is 1. The molecule has 1 aliphatic heterocycles. The van der Waals surface area contributed by atoms with E-state index in [9.17, 15) is 9.59 Å². The van der Waals surface area contributed by atoms with E-state index in [1.807, 2.05) is 69.3 Å². The fraction of sp³-hybridized carbons (Fsp3) is 0.594. The highest BCUT2D eigenvalue weighted by atomic mass is 16.6. The molecule has 1 fully saturated rings. The van der Waals surface area contributed by atoms with Crippen molar-refractivity contribution < 1.29 is 18.7 Å². The number of likely N-dealkylation sites (tertiary alicyclic amines) is 1. The maximum absolute atomic E-state index is 14.5. The minimum atomic E-state index is -0.627. The predicted molar refractivity (Wildman–Crippen MR) is 165 cm³/mol. The second-order valence-electron chi connectivity index (χ2n) is 13.9. The van der Waals surface area contributed by atoms with Crippen molar-refractivity contribution in [3.05, 3.63) is 60.5 Å². The first-order valence-electron chi connectivity index (χ1n) is 15.1. The van der Waals surface area contributed by atoms with Gasteiger partial charge in [0.25, 0.3) is 5.91 Å². The lowest BCUT2D eigenvalue weighted by Gasteiger charge is -2.43. The number of carbonyl (C=O) groups is 2. The summed E-state index contributed by atoms with van der Waals surface area (Å²) in [6, 6.07) is 3.47. The lowest BCUT2D eigenvalue weighted by molar-refractivity contribution is -0.000416. The van der Waals surface area contributed by atoms with Crippen molar-refractivity contribution in [3.63, 3.8) is 0 Å². The molecule has 1 N–H and O–H groups in total. The zero-order valence-corrected chi connectivity index (χ0v) is 26.8. The van der Waals surface area contributed by atoms with Crippen LogP contribution in [0, 0.1) is 11.8 Å². The average molecular weight is 594 g/mol. The summed E-state index contributed by atoms with van der Waals surface area (Å²) in [6.45, 7) is 18.4. The molecule has 11 nitrogen and oxygen atoms in total. The fourth-order valence-electron chi connectivity index (χ4n) is 5.27. The van der Waals surface area contributed by atoms with Gasteiger partial charge < -0.3 is 28.8 Å². The Balaban J connectivity index is 1.68. The van der Waals surface area contributed by atoms with Crippen LogP contribution in [0.25, 0.3) is 0 Å². The highest BCUT2D eigenvalue weighted by molar-refractivity contribution is 5.98. The molecule has 3 aromatic heterocycles. The van der Waals surface area contributed by atoms with Gasteiger partial charge in [0.1, 0.15) is 28.6 Å². The molecule has 43 heavy (non-hydrogen) atoms. The molecule has 3 aromatic rings. The van der Waals surface area contributed by atoms with Gasteiger partial charge in [-0.05, 0) is 51.2 Å². The first-order valence-corrected chi connectivity index (χ1v) is 15.1. The number of hydrogen-bond donors (Lipinski definition) is 1. The summed E-state index contributed by atoms with van der Waals surface area (Å²) >= 11 is 0. The van der Waals surface area contributed by atoms with Gasteiger partial charge in [-0.15, -0.1) is 0 Å². The van der Waals surface area contributed by atoms with Crippen LogP contribution < -0.4 is 5.32 Å². The van der Waals surface area contributed by atoms with Crippen molar-refractivity contribution in [2.45, 2.75) is 92.0 Å². The summed E-state index contributed by atoms with van der Waals surface area (Å²) in [6.07, 6.45) is 9.06. The molecule has 4 rings (SSSR count). The molecule has 1 aliphatic rings. The van der Waals surface area contributed by atoms with Gasteiger partial charge in [0, 0.05) is 50.2 Å². The number of ether oxygens (including phenoxy) is 1. The Labute approximate surface area is 255 Å². The summed E-state index contributed by atoms with van der Waals surface area (Å²) in [5, 5.41) is 3.32. The van der Waals surface area contributed by atoms with Crippen molar-refractivity contribution >= 4 is 17.8 Å². The Morgan fingerprint density at radius 3 is 2.56 bits per heavy atom. The molecular weight excluding hydrogens is 546 g/mol. The smallest absolute Gasteiger partial charge is 0.410 e. The van der Waals surface area contributed by atoms with E-state index in [0.717, 1.165) is 12.2 Å². The van der Waals surface area contributed by atoms with Crippen molar-refractivity contribution in [3.8, 4) is 0 Å². The van der Waals surface area contributed by atoms with Crippen LogP contribution in [0.5, 0.6) is 0 Å². The Hall–Kier alpha value is -3.89. The van der Waals surface area contributed by atoms with Gasteiger partial charge >= 0.3 is 6.09 Å². The summed E-state index contributed by atoms with van der Waals surface area (Å²) in [5.41, 5.74) is -0.545. The number of aromatic nitrogens is 4. The van der Waals surface area contributed by atoms with E-state index in [0.29, 0.717) is 49.9 Å². The number of rotatable bonds is 9. The monoisotopic (exact) mass is 593 g/mol. The maximum Gasteiger partial charge on any atom is 0.410 e. The molecule has 0 aromatic carbocycles. The van der Waals surface area contributed by atoms with Gasteiger partial charge in [0.2, 0.25) is 0 Å². The standard InChI is InChI=1S/C32H47N7O4/c1-22(2)17-39(24-14-23(18-37-12-11-33-21-37)19-38(20-24)30(41)43-32(6,7)8)28(40)26-16-35-29(31(3,4)5)36-27(26)34-15-25-10-9-13-42-25/h9-13,16,21-24H,14-15,17-20H2,1-8H3,(H,34,35,36). The van der Waals surface area contributed by atoms with Crippen LogP contribution in [0.1, 0.15) is 83.8 Å². The average Bonchev–Trinajstić information content (AvgIpc) is 3.63. The van der Waals surface area contributed by atoms with E-state index in [1.165, 1.54) is 0 Å². The number of amides is 2. The fourth-order valence-corrected chi connectivity index (χ4v) is 5.27. The number of imidazole rings is 1. The van der Waals surface area contributed by atoms with E-state index in [-0.39, 0.29) is 35.3 Å². The van der Waals surface area contributed by atoms with Crippen LogP contribution in [0.2, 0.25) is 0 Å². The van der Waals surface area contributed by atoms with Crippen molar-refractivity contribution in [2.24, 2.45) is 11.8 Å². The molecule has 2 unspecified atom stereocenters. The molecule has 234 valence electrons. The normalized spacial score (nSPS) is 17.7. The molecule has 0 aliphatic carbocycles. The van der Waals surface area contributed by atoms with Crippen molar-refractivity contribution in [2.75, 3.05) is 25.0 Å². The highest BCUT2D eigenvalue weighted by Crippen LogP contribution is 2.29. The van der Waals surface area contributed by atoms with E-state index in [4.69, 9.17) is 14.1 Å². The zero-order valence-electron chi connectivity index (χ0n) is 26.8. The molecule has 0 spiro atoms. The quantitative estimate of drug-likeness (QED) is 0.341. The number of hydrogen-bond acceptors (Lipinski definition) is 8. The number of piperidine rings is 1. The Morgan fingerprint density at radius 2 is 1.95 bits per heavy atom. The number of furan rings is 1. The first kappa shape index (κ1) is 32.0. The van der Waals surface area contributed by atoms with Gasteiger partial charge in [-0.25, -0.2) is 19.7 Å². The van der Waals surface area contributed by atoms with Gasteiger partial charge in [-0.1, -0.05) is 34.6 Å². The molecule has 2 atom stereocenters. The third-order valence-electron chi connectivity index (χ3n) is 7.16. The Bertz CT molecular complexity index is 1340. The lowest BCUT2D eigenvalue weighted by Crippen LogP contribution is -2.56. The highest BCUT2D eigenvalue weighted by Gasteiger charge is 2.38. The van der Waals surface area contributed by atoms with E-state index >= 15 is 0 Å². The lowest BCUT2D eigenvalue weighted by atomic mass is 9.92. The van der Waals surface area contributed by atoms with Crippen LogP contribution >= 0.6 is 0 Å². The number of nitrogens with one attached hydrogen (secondary N) is 1. The third kappa shape index (κ3) is 8.81. The van der Waals surface area contributed by atoms with E-state index < -0.39 is 5.60 Å².